The number of pyridine rings is 3. The van der Waals surface area contributed by atoms with Gasteiger partial charge in [0.1, 0.15) is 46.5 Å². The number of carbonyl (C=O) groups is 1. The van der Waals surface area contributed by atoms with Crippen molar-refractivity contribution in [1.29, 1.82) is 10.5 Å². The highest BCUT2D eigenvalue weighted by atomic mass is 32.2. The van der Waals surface area contributed by atoms with Gasteiger partial charge in [-0.05, 0) is 45.0 Å². The number of ether oxygens (including phenoxy) is 2. The van der Waals surface area contributed by atoms with Crippen LogP contribution in [0.4, 0.5) is 10.6 Å². The molecule has 0 spiro atoms. The van der Waals surface area contributed by atoms with Gasteiger partial charge >= 0.3 is 6.09 Å². The number of nitriles is 2. The summed E-state index contributed by atoms with van der Waals surface area (Å²) in [5, 5.41) is 20.1. The number of hydrogen-bond donors (Lipinski definition) is 1. The molecule has 0 aliphatic heterocycles. The third-order valence-corrected chi connectivity index (χ3v) is 5.90. The summed E-state index contributed by atoms with van der Waals surface area (Å²) >= 11 is 1.31. The average Bonchev–Trinajstić information content (AvgIpc) is 2.87. The first kappa shape index (κ1) is 27.2. The first-order chi connectivity index (χ1) is 17.6. The highest BCUT2D eigenvalue weighted by Crippen LogP contribution is 2.36. The summed E-state index contributed by atoms with van der Waals surface area (Å²) in [6.45, 7) is 5.94. The standard InChI is InChI=1S/C26H27N7O3S/c1-26(2,3)36-25(34)33(4)11-12-35-18-8-9-21(31-15-18)22-19(13-27)23(29)32-24(20(22)14-28)37-16-17-7-5-6-10-30-17/h5-10,15H,11-12,16H2,1-4H3,(H2,29,32). The molecule has 3 rings (SSSR count). The molecule has 0 aromatic carbocycles. The van der Waals surface area contributed by atoms with E-state index in [1.54, 1.807) is 46.1 Å². The average molecular weight is 518 g/mol. The van der Waals surface area contributed by atoms with Crippen molar-refractivity contribution in [1.82, 2.24) is 19.9 Å². The fraction of sp³-hybridized carbons (Fsp3) is 0.308. The van der Waals surface area contributed by atoms with Gasteiger partial charge in [-0.15, -0.1) is 0 Å². The second-order valence-corrected chi connectivity index (χ2v) is 9.85. The first-order valence-corrected chi connectivity index (χ1v) is 12.3. The fourth-order valence-electron chi connectivity index (χ4n) is 3.13. The number of thioether (sulfide) groups is 1. The molecule has 0 radical (unpaired) electrons. The summed E-state index contributed by atoms with van der Waals surface area (Å²) in [5.41, 5.74) is 7.32. The summed E-state index contributed by atoms with van der Waals surface area (Å²) in [4.78, 5) is 26.5. The highest BCUT2D eigenvalue weighted by molar-refractivity contribution is 7.98. The summed E-state index contributed by atoms with van der Waals surface area (Å²) in [6.07, 6.45) is 2.74. The van der Waals surface area contributed by atoms with Gasteiger partial charge in [-0.25, -0.2) is 9.78 Å². The maximum absolute atomic E-state index is 12.1. The zero-order valence-electron chi connectivity index (χ0n) is 21.1. The molecular formula is C26H27N7O3S. The number of hydrogen-bond acceptors (Lipinski definition) is 10. The van der Waals surface area contributed by atoms with E-state index < -0.39 is 11.7 Å². The van der Waals surface area contributed by atoms with Crippen molar-refractivity contribution < 1.29 is 14.3 Å². The molecule has 0 atom stereocenters. The molecule has 0 aliphatic rings. The van der Waals surface area contributed by atoms with Crippen LogP contribution in [0.3, 0.4) is 0 Å². The van der Waals surface area contributed by atoms with Crippen molar-refractivity contribution in [2.24, 2.45) is 0 Å². The van der Waals surface area contributed by atoms with Crippen LogP contribution in [0.25, 0.3) is 11.3 Å². The van der Waals surface area contributed by atoms with Gasteiger partial charge in [0.15, 0.2) is 0 Å². The molecule has 0 aliphatic carbocycles. The molecule has 0 unspecified atom stereocenters. The minimum atomic E-state index is -0.580. The van der Waals surface area contributed by atoms with E-state index in [1.165, 1.54) is 22.9 Å². The molecule has 0 saturated heterocycles. The quantitative estimate of drug-likeness (QED) is 0.426. The first-order valence-electron chi connectivity index (χ1n) is 11.3. The maximum Gasteiger partial charge on any atom is 0.410 e. The van der Waals surface area contributed by atoms with Gasteiger partial charge in [0.25, 0.3) is 0 Å². The van der Waals surface area contributed by atoms with Crippen LogP contribution < -0.4 is 10.5 Å². The monoisotopic (exact) mass is 517 g/mol. The molecule has 190 valence electrons. The molecule has 3 heterocycles. The number of anilines is 1. The second-order valence-electron chi connectivity index (χ2n) is 8.89. The highest BCUT2D eigenvalue weighted by Gasteiger charge is 2.22. The molecule has 10 nitrogen and oxygen atoms in total. The number of likely N-dealkylation sites (N-methyl/N-ethyl adjacent to an activating group) is 1. The maximum atomic E-state index is 12.1. The van der Waals surface area contributed by atoms with Crippen LogP contribution in [0.5, 0.6) is 5.75 Å². The molecule has 37 heavy (non-hydrogen) atoms. The Kier molecular flexibility index (Phi) is 8.88. The molecule has 0 fully saturated rings. The molecule has 3 aromatic heterocycles. The van der Waals surface area contributed by atoms with Crippen LogP contribution in [-0.4, -0.2) is 51.7 Å². The molecule has 2 N–H and O–H groups in total. The van der Waals surface area contributed by atoms with Crippen molar-refractivity contribution in [2.75, 3.05) is 25.9 Å². The van der Waals surface area contributed by atoms with Crippen LogP contribution >= 0.6 is 11.8 Å². The molecule has 0 saturated carbocycles. The van der Waals surface area contributed by atoms with Gasteiger partial charge in [0, 0.05) is 24.6 Å². The molecule has 1 amide bonds. The topological polar surface area (TPSA) is 151 Å². The Bertz CT molecular complexity index is 1330. The lowest BCUT2D eigenvalue weighted by Crippen LogP contribution is -2.36. The smallest absolute Gasteiger partial charge is 0.410 e. The number of carbonyl (C=O) groups excluding carboxylic acids is 1. The van der Waals surface area contributed by atoms with Crippen LogP contribution in [0.1, 0.15) is 37.6 Å². The molecule has 0 bridgehead atoms. The summed E-state index contributed by atoms with van der Waals surface area (Å²) in [5.74, 6) is 0.961. The summed E-state index contributed by atoms with van der Waals surface area (Å²) in [6, 6.07) is 13.1. The van der Waals surface area contributed by atoms with Gasteiger partial charge in [-0.2, -0.15) is 10.5 Å². The number of nitrogen functional groups attached to an aromatic ring is 1. The summed E-state index contributed by atoms with van der Waals surface area (Å²) in [7, 11) is 1.63. The Labute approximate surface area is 220 Å². The third kappa shape index (κ3) is 7.32. The lowest BCUT2D eigenvalue weighted by molar-refractivity contribution is 0.0278. The number of nitrogens with zero attached hydrogens (tertiary/aromatic N) is 6. The van der Waals surface area contributed by atoms with Crippen LogP contribution in [0.15, 0.2) is 47.8 Å². The van der Waals surface area contributed by atoms with E-state index in [0.29, 0.717) is 34.3 Å². The largest absolute Gasteiger partial charge is 0.490 e. The van der Waals surface area contributed by atoms with E-state index in [9.17, 15) is 15.3 Å². The van der Waals surface area contributed by atoms with Gasteiger partial charge in [0.05, 0.1) is 29.7 Å². The van der Waals surface area contributed by atoms with Gasteiger partial charge < -0.3 is 20.1 Å². The van der Waals surface area contributed by atoms with Crippen molar-refractivity contribution in [3.8, 4) is 29.1 Å². The van der Waals surface area contributed by atoms with Crippen LogP contribution in [0, 0.1) is 22.7 Å². The predicted molar refractivity (Wildman–Crippen MR) is 139 cm³/mol. The van der Waals surface area contributed by atoms with Crippen LogP contribution in [-0.2, 0) is 10.5 Å². The second kappa shape index (κ2) is 12.1. The van der Waals surface area contributed by atoms with E-state index in [2.05, 4.69) is 21.0 Å². The van der Waals surface area contributed by atoms with E-state index >= 15 is 0 Å². The van der Waals surface area contributed by atoms with Crippen molar-refractivity contribution in [3.63, 3.8) is 0 Å². The Morgan fingerprint density at radius 2 is 1.89 bits per heavy atom. The Balaban J connectivity index is 1.77. The molecular weight excluding hydrogens is 490 g/mol. The van der Waals surface area contributed by atoms with E-state index in [0.717, 1.165) is 5.69 Å². The number of rotatable bonds is 8. The minimum absolute atomic E-state index is 0.0207. The predicted octanol–water partition coefficient (Wildman–Crippen LogP) is 4.40. The normalized spacial score (nSPS) is 10.8. The number of aromatic nitrogens is 3. The van der Waals surface area contributed by atoms with Crippen molar-refractivity contribution >= 4 is 23.7 Å². The Hall–Kier alpha value is -4.35. The zero-order valence-corrected chi connectivity index (χ0v) is 21.9. The lowest BCUT2D eigenvalue weighted by atomic mass is 10.0. The number of amides is 1. The van der Waals surface area contributed by atoms with Crippen LogP contribution in [0.2, 0.25) is 0 Å². The van der Waals surface area contributed by atoms with Gasteiger partial charge in [-0.1, -0.05) is 17.8 Å². The summed E-state index contributed by atoms with van der Waals surface area (Å²) < 4.78 is 11.0. The van der Waals surface area contributed by atoms with E-state index in [4.69, 9.17) is 15.2 Å². The lowest BCUT2D eigenvalue weighted by Gasteiger charge is -2.24. The van der Waals surface area contributed by atoms with Crippen molar-refractivity contribution in [3.05, 3.63) is 59.5 Å². The Morgan fingerprint density at radius 1 is 1.14 bits per heavy atom. The fourth-order valence-corrected chi connectivity index (χ4v) is 4.04. The van der Waals surface area contributed by atoms with Gasteiger partial charge in [0.2, 0.25) is 0 Å². The molecule has 3 aromatic rings. The van der Waals surface area contributed by atoms with E-state index in [-0.39, 0.29) is 23.6 Å². The minimum Gasteiger partial charge on any atom is -0.490 e. The molecule has 11 heteroatoms. The van der Waals surface area contributed by atoms with Crippen molar-refractivity contribution in [2.45, 2.75) is 37.2 Å². The SMILES string of the molecule is CN(CCOc1ccc(-c2c(C#N)c(N)nc(SCc3ccccn3)c2C#N)nc1)C(=O)OC(C)(C)C. The zero-order chi connectivity index (χ0) is 27.0. The Morgan fingerprint density at radius 3 is 2.49 bits per heavy atom. The third-order valence-electron chi connectivity index (χ3n) is 4.89. The van der Waals surface area contributed by atoms with E-state index in [1.807, 2.05) is 24.3 Å². The van der Waals surface area contributed by atoms with Gasteiger partial charge in [-0.3, -0.25) is 9.97 Å². The number of nitrogens with two attached hydrogens (primary N) is 1.